The van der Waals surface area contributed by atoms with Gasteiger partial charge in [0.05, 0.1) is 4.92 Å². The van der Waals surface area contributed by atoms with Gasteiger partial charge in [0.15, 0.2) is 0 Å². The van der Waals surface area contributed by atoms with Crippen molar-refractivity contribution < 1.29 is 9.72 Å². The molecule has 0 radical (unpaired) electrons. The molecular formula is C14H21N3O3. The average Bonchev–Trinajstić information content (AvgIpc) is 2.35. The average molecular weight is 279 g/mol. The van der Waals surface area contributed by atoms with Crippen LogP contribution in [0, 0.1) is 15.5 Å². The highest BCUT2D eigenvalue weighted by Gasteiger charge is 2.28. The molecule has 0 aliphatic heterocycles. The molecular weight excluding hydrogens is 258 g/mol. The lowest BCUT2D eigenvalue weighted by molar-refractivity contribution is -0.383. The normalized spacial score (nSPS) is 12.8. The minimum atomic E-state index is -0.584. The third-order valence-corrected chi connectivity index (χ3v) is 3.63. The lowest BCUT2D eigenvalue weighted by Crippen LogP contribution is -2.42. The molecule has 1 unspecified atom stereocenters. The number of amides is 1. The van der Waals surface area contributed by atoms with E-state index in [2.05, 4.69) is 0 Å². The van der Waals surface area contributed by atoms with Crippen LogP contribution >= 0.6 is 0 Å². The molecule has 6 heteroatoms. The Morgan fingerprint density at radius 3 is 2.40 bits per heavy atom. The summed E-state index contributed by atoms with van der Waals surface area (Å²) in [5, 5.41) is 10.9. The number of nitro groups is 1. The molecule has 0 saturated carbocycles. The van der Waals surface area contributed by atoms with Crippen molar-refractivity contribution in [2.45, 2.75) is 33.7 Å². The first kappa shape index (κ1) is 15.9. The van der Waals surface area contributed by atoms with E-state index in [4.69, 9.17) is 5.73 Å². The molecule has 1 atom stereocenters. The fraction of sp³-hybridized carbons (Fsp3) is 0.500. The Morgan fingerprint density at radius 2 is 1.95 bits per heavy atom. The molecule has 0 aliphatic carbocycles. The number of nitrogens with two attached hydrogens (primary N) is 1. The Morgan fingerprint density at radius 1 is 1.40 bits per heavy atom. The molecule has 110 valence electrons. The van der Waals surface area contributed by atoms with Crippen LogP contribution in [0.1, 0.15) is 38.1 Å². The number of anilines is 1. The number of nitro benzene ring substituents is 1. The zero-order valence-corrected chi connectivity index (χ0v) is 12.5. The van der Waals surface area contributed by atoms with Gasteiger partial charge in [0.2, 0.25) is 0 Å². The minimum absolute atomic E-state index is 0.00777. The number of benzene rings is 1. The Kier molecular flexibility index (Phi) is 4.37. The topological polar surface area (TPSA) is 89.5 Å². The van der Waals surface area contributed by atoms with E-state index in [1.54, 1.807) is 11.9 Å². The second-order valence-corrected chi connectivity index (χ2v) is 5.99. The fourth-order valence-electron chi connectivity index (χ4n) is 1.80. The molecule has 1 amide bonds. The zero-order valence-electron chi connectivity index (χ0n) is 12.5. The van der Waals surface area contributed by atoms with Crippen LogP contribution < -0.4 is 5.73 Å². The van der Waals surface area contributed by atoms with Gasteiger partial charge in [0.1, 0.15) is 5.69 Å². The molecule has 1 rings (SSSR count). The van der Waals surface area contributed by atoms with E-state index in [0.717, 1.165) is 0 Å². The van der Waals surface area contributed by atoms with Crippen molar-refractivity contribution in [2.24, 2.45) is 5.41 Å². The summed E-state index contributed by atoms with van der Waals surface area (Å²) in [6.07, 6.45) is 0. The molecule has 0 heterocycles. The van der Waals surface area contributed by atoms with Crippen LogP contribution in [0.5, 0.6) is 0 Å². The van der Waals surface area contributed by atoms with Gasteiger partial charge in [0.25, 0.3) is 11.6 Å². The standard InChI is InChI=1S/C14H21N3O3/c1-9(14(2,3)4)16(5)13(18)10-6-7-11(15)12(8-10)17(19)20/h6-9H,15H2,1-5H3. The van der Waals surface area contributed by atoms with Gasteiger partial charge < -0.3 is 10.6 Å². The maximum absolute atomic E-state index is 12.4. The van der Waals surface area contributed by atoms with E-state index in [-0.39, 0.29) is 34.3 Å². The monoisotopic (exact) mass is 279 g/mol. The van der Waals surface area contributed by atoms with E-state index < -0.39 is 4.92 Å². The lowest BCUT2D eigenvalue weighted by atomic mass is 9.87. The second kappa shape index (κ2) is 5.48. The first-order valence-electron chi connectivity index (χ1n) is 6.36. The molecule has 0 aliphatic rings. The lowest BCUT2D eigenvalue weighted by Gasteiger charge is -2.35. The largest absolute Gasteiger partial charge is 0.393 e. The number of carbonyl (C=O) groups is 1. The van der Waals surface area contributed by atoms with Crippen molar-refractivity contribution in [3.8, 4) is 0 Å². The number of nitrogens with zero attached hydrogens (tertiary/aromatic N) is 2. The minimum Gasteiger partial charge on any atom is -0.393 e. The Balaban J connectivity index is 3.10. The molecule has 20 heavy (non-hydrogen) atoms. The Hall–Kier alpha value is -2.11. The summed E-state index contributed by atoms with van der Waals surface area (Å²) in [4.78, 5) is 24.3. The van der Waals surface area contributed by atoms with Crippen molar-refractivity contribution in [3.05, 3.63) is 33.9 Å². The number of nitrogen functional groups attached to an aromatic ring is 1. The van der Waals surface area contributed by atoms with Crippen LogP contribution in [0.15, 0.2) is 18.2 Å². The van der Waals surface area contributed by atoms with Crippen LogP contribution in [0.25, 0.3) is 0 Å². The van der Waals surface area contributed by atoms with Crippen molar-refractivity contribution in [2.75, 3.05) is 12.8 Å². The van der Waals surface area contributed by atoms with Gasteiger partial charge in [-0.1, -0.05) is 20.8 Å². The van der Waals surface area contributed by atoms with Crippen LogP contribution in [0.4, 0.5) is 11.4 Å². The first-order chi connectivity index (χ1) is 9.05. The molecule has 1 aromatic rings. The molecule has 0 bridgehead atoms. The molecule has 0 spiro atoms. The van der Waals surface area contributed by atoms with E-state index in [9.17, 15) is 14.9 Å². The molecule has 1 aromatic carbocycles. The van der Waals surface area contributed by atoms with Crippen molar-refractivity contribution in [3.63, 3.8) is 0 Å². The van der Waals surface area contributed by atoms with Gasteiger partial charge in [-0.15, -0.1) is 0 Å². The maximum Gasteiger partial charge on any atom is 0.292 e. The van der Waals surface area contributed by atoms with Crippen LogP contribution in [0.3, 0.4) is 0 Å². The summed E-state index contributed by atoms with van der Waals surface area (Å²) in [5.74, 6) is -0.254. The van der Waals surface area contributed by atoms with Crippen molar-refractivity contribution in [1.82, 2.24) is 4.90 Å². The number of hydrogen-bond acceptors (Lipinski definition) is 4. The van der Waals surface area contributed by atoms with E-state index in [0.29, 0.717) is 0 Å². The van der Waals surface area contributed by atoms with E-state index >= 15 is 0 Å². The van der Waals surface area contributed by atoms with E-state index in [1.165, 1.54) is 18.2 Å². The number of rotatable bonds is 3. The predicted octanol–water partition coefficient (Wildman–Crippen LogP) is 2.68. The van der Waals surface area contributed by atoms with Crippen molar-refractivity contribution in [1.29, 1.82) is 0 Å². The zero-order chi connectivity index (χ0) is 15.7. The second-order valence-electron chi connectivity index (χ2n) is 5.99. The van der Waals surface area contributed by atoms with Crippen LogP contribution in [-0.4, -0.2) is 28.8 Å². The predicted molar refractivity (Wildman–Crippen MR) is 78.5 cm³/mol. The van der Waals surface area contributed by atoms with Gasteiger partial charge in [-0.2, -0.15) is 0 Å². The van der Waals surface area contributed by atoms with Crippen LogP contribution in [0.2, 0.25) is 0 Å². The number of hydrogen-bond donors (Lipinski definition) is 1. The molecule has 0 fully saturated rings. The van der Waals surface area contributed by atoms with Gasteiger partial charge in [0, 0.05) is 24.7 Å². The summed E-state index contributed by atoms with van der Waals surface area (Å²) < 4.78 is 0. The van der Waals surface area contributed by atoms with Gasteiger partial charge >= 0.3 is 0 Å². The smallest absolute Gasteiger partial charge is 0.292 e. The van der Waals surface area contributed by atoms with Gasteiger partial charge in [-0.05, 0) is 24.5 Å². The molecule has 2 N–H and O–H groups in total. The quantitative estimate of drug-likeness (QED) is 0.523. The summed E-state index contributed by atoms with van der Waals surface area (Å²) in [5.41, 5.74) is 5.53. The summed E-state index contributed by atoms with van der Waals surface area (Å²) in [7, 11) is 1.69. The third-order valence-electron chi connectivity index (χ3n) is 3.63. The van der Waals surface area contributed by atoms with Crippen molar-refractivity contribution >= 4 is 17.3 Å². The summed E-state index contributed by atoms with van der Waals surface area (Å²) in [6, 6.07) is 4.12. The van der Waals surface area contributed by atoms with Gasteiger partial charge in [-0.3, -0.25) is 14.9 Å². The van der Waals surface area contributed by atoms with Crippen LogP contribution in [-0.2, 0) is 0 Å². The Labute approximate surface area is 118 Å². The highest BCUT2D eigenvalue weighted by Crippen LogP contribution is 2.26. The van der Waals surface area contributed by atoms with Gasteiger partial charge in [-0.25, -0.2) is 0 Å². The van der Waals surface area contributed by atoms with E-state index in [1.807, 2.05) is 27.7 Å². The highest BCUT2D eigenvalue weighted by molar-refractivity contribution is 5.95. The molecule has 6 nitrogen and oxygen atoms in total. The summed E-state index contributed by atoms with van der Waals surface area (Å²) >= 11 is 0. The molecule has 0 saturated heterocycles. The fourth-order valence-corrected chi connectivity index (χ4v) is 1.80. The SMILES string of the molecule is CC(N(C)C(=O)c1ccc(N)c([N+](=O)[O-])c1)C(C)(C)C. The Bertz CT molecular complexity index is 535. The number of carbonyl (C=O) groups excluding carboxylic acids is 1. The molecule has 0 aromatic heterocycles. The highest BCUT2D eigenvalue weighted by atomic mass is 16.6. The third kappa shape index (κ3) is 3.26. The first-order valence-corrected chi connectivity index (χ1v) is 6.36. The maximum atomic E-state index is 12.4. The summed E-state index contributed by atoms with van der Waals surface area (Å²) in [6.45, 7) is 8.05.